The van der Waals surface area contributed by atoms with Gasteiger partial charge < -0.3 is 19.7 Å². The molecule has 8 heterocycles. The van der Waals surface area contributed by atoms with Crippen LogP contribution < -0.4 is 0 Å². The standard InChI is InChI=1S/C24H18O4S4.C20H14O2S4/c1-3-27-23(25)15-9-14(20-12-22-18(32-20)6-8-30-22)16(24(26)28-4-2)10-13(15)19-11-21-17(31-19)5-7-29-21;21-9-11-6-14(18-8-20-16(26-18)2-4-24-20)12(10-22)5-13(11)17-7-19-15(25-17)1-3-23-19/h5-12H,3-4H2,1-2H3;1-8,21-22H,9-10H2. The van der Waals surface area contributed by atoms with Crippen molar-refractivity contribution in [1.29, 1.82) is 0 Å². The van der Waals surface area contributed by atoms with Crippen LogP contribution in [0.15, 0.2) is 94.3 Å². The van der Waals surface area contributed by atoms with Crippen molar-refractivity contribution in [3.8, 4) is 41.8 Å². The van der Waals surface area contributed by atoms with Crippen molar-refractivity contribution < 1.29 is 29.3 Å². The van der Waals surface area contributed by atoms with E-state index in [4.69, 9.17) is 9.47 Å². The number of carbonyl (C=O) groups is 2. The van der Waals surface area contributed by atoms with Gasteiger partial charge in [-0.25, -0.2) is 9.59 Å². The number of aliphatic hydroxyl groups excluding tert-OH is 2. The second-order valence-electron chi connectivity index (χ2n) is 12.9. The number of rotatable bonds is 10. The molecule has 58 heavy (non-hydrogen) atoms. The quantitative estimate of drug-likeness (QED) is 0.133. The van der Waals surface area contributed by atoms with Crippen molar-refractivity contribution in [2.75, 3.05) is 13.2 Å². The molecule has 0 saturated heterocycles. The topological polar surface area (TPSA) is 93.1 Å². The Balaban J connectivity index is 0.000000153. The smallest absolute Gasteiger partial charge is 0.338 e. The van der Waals surface area contributed by atoms with Gasteiger partial charge in [-0.15, -0.1) is 90.7 Å². The highest BCUT2D eigenvalue weighted by atomic mass is 32.1. The van der Waals surface area contributed by atoms with E-state index in [1.165, 1.54) is 18.8 Å². The molecule has 0 aliphatic carbocycles. The fraction of sp³-hybridized carbons (Fsp3) is 0.136. The molecule has 0 aliphatic rings. The lowest BCUT2D eigenvalue weighted by atomic mass is 9.96. The van der Waals surface area contributed by atoms with Gasteiger partial charge in [0.15, 0.2) is 0 Å². The highest BCUT2D eigenvalue weighted by Crippen LogP contribution is 2.45. The van der Waals surface area contributed by atoms with E-state index in [0.717, 1.165) is 60.6 Å². The minimum Gasteiger partial charge on any atom is -0.462 e. The lowest BCUT2D eigenvalue weighted by molar-refractivity contribution is 0.0513. The van der Waals surface area contributed by atoms with Gasteiger partial charge in [-0.05, 0) is 130 Å². The van der Waals surface area contributed by atoms with Gasteiger partial charge in [0, 0.05) is 68.2 Å². The third kappa shape index (κ3) is 7.51. The van der Waals surface area contributed by atoms with Crippen LogP contribution in [0.4, 0.5) is 0 Å². The maximum absolute atomic E-state index is 13.0. The van der Waals surface area contributed by atoms with Crippen molar-refractivity contribution in [1.82, 2.24) is 0 Å². The van der Waals surface area contributed by atoms with Crippen LogP contribution in [0.5, 0.6) is 0 Å². The van der Waals surface area contributed by atoms with Crippen molar-refractivity contribution in [2.45, 2.75) is 27.1 Å². The van der Waals surface area contributed by atoms with Gasteiger partial charge in [0.2, 0.25) is 0 Å². The second-order valence-corrected chi connectivity index (χ2v) is 21.0. The maximum Gasteiger partial charge on any atom is 0.338 e. The first kappa shape index (κ1) is 39.4. The average molecular weight is 913 g/mol. The molecule has 8 aromatic heterocycles. The van der Waals surface area contributed by atoms with Crippen molar-refractivity contribution in [3.63, 3.8) is 0 Å². The molecular weight excluding hydrogens is 881 g/mol. The van der Waals surface area contributed by atoms with Gasteiger partial charge in [0.25, 0.3) is 0 Å². The number of hydrogen-bond donors (Lipinski definition) is 2. The molecule has 10 rings (SSSR count). The fourth-order valence-corrected chi connectivity index (χ4v) is 15.4. The molecule has 2 N–H and O–H groups in total. The summed E-state index contributed by atoms with van der Waals surface area (Å²) in [5.74, 6) is -0.788. The van der Waals surface area contributed by atoms with Crippen molar-refractivity contribution >= 4 is 140 Å². The zero-order valence-corrected chi connectivity index (χ0v) is 37.4. The Morgan fingerprint density at radius 2 is 0.759 bits per heavy atom. The summed E-state index contributed by atoms with van der Waals surface area (Å²) in [7, 11) is 0. The number of carbonyl (C=O) groups excluding carboxylic acids is 2. The number of benzene rings is 2. The predicted octanol–water partition coefficient (Wildman–Crippen LogP) is 14.5. The van der Waals surface area contributed by atoms with E-state index in [1.807, 2.05) is 22.9 Å². The number of fused-ring (bicyclic) bond motifs is 4. The Labute approximate surface area is 365 Å². The van der Waals surface area contributed by atoms with E-state index in [2.05, 4.69) is 59.3 Å². The van der Waals surface area contributed by atoms with Crippen LogP contribution in [0, 0.1) is 0 Å². The molecule has 0 bridgehead atoms. The molecule has 0 unspecified atom stereocenters. The molecule has 0 radical (unpaired) electrons. The zero-order valence-electron chi connectivity index (χ0n) is 30.9. The van der Waals surface area contributed by atoms with Crippen molar-refractivity contribution in [2.24, 2.45) is 0 Å². The molecule has 10 aromatic rings. The van der Waals surface area contributed by atoms with Gasteiger partial charge in [0.05, 0.1) is 37.6 Å². The fourth-order valence-electron chi connectivity index (χ4n) is 6.77. The predicted molar refractivity (Wildman–Crippen MR) is 251 cm³/mol. The number of aliphatic hydroxyl groups is 2. The summed E-state index contributed by atoms with van der Waals surface area (Å²) in [4.78, 5) is 30.1. The van der Waals surface area contributed by atoms with E-state index < -0.39 is 11.9 Å². The molecule has 0 amide bonds. The second kappa shape index (κ2) is 16.9. The number of ether oxygens (including phenoxy) is 2. The first-order valence-electron chi connectivity index (χ1n) is 18.1. The van der Waals surface area contributed by atoms with E-state index in [9.17, 15) is 19.8 Å². The number of esters is 2. The van der Waals surface area contributed by atoms with Gasteiger partial charge in [-0.3, -0.25) is 0 Å². The van der Waals surface area contributed by atoms with Gasteiger partial charge in [-0.2, -0.15) is 0 Å². The molecule has 0 atom stereocenters. The highest BCUT2D eigenvalue weighted by Gasteiger charge is 2.25. The Hall–Kier alpha value is -4.06. The van der Waals surface area contributed by atoms with Gasteiger partial charge in [0.1, 0.15) is 0 Å². The van der Waals surface area contributed by atoms with Crippen LogP contribution in [-0.2, 0) is 22.7 Å². The van der Waals surface area contributed by atoms with E-state index >= 15 is 0 Å². The minimum absolute atomic E-state index is 0.0146. The Morgan fingerprint density at radius 1 is 0.448 bits per heavy atom. The molecule has 6 nitrogen and oxygen atoms in total. The van der Waals surface area contributed by atoms with Crippen LogP contribution >= 0.6 is 90.7 Å². The Bertz CT molecular complexity index is 2760. The first-order valence-corrected chi connectivity index (χ1v) is 24.9. The summed E-state index contributed by atoms with van der Waals surface area (Å²) < 4.78 is 20.4. The average Bonchev–Trinajstić information content (AvgIpc) is 4.06. The van der Waals surface area contributed by atoms with Crippen LogP contribution in [0.3, 0.4) is 0 Å². The van der Waals surface area contributed by atoms with Crippen LogP contribution in [0.2, 0.25) is 0 Å². The molecule has 0 aliphatic heterocycles. The third-order valence-electron chi connectivity index (χ3n) is 9.44. The third-order valence-corrected chi connectivity index (χ3v) is 17.9. The molecule has 292 valence electrons. The molecule has 0 saturated carbocycles. The maximum atomic E-state index is 13.0. The van der Waals surface area contributed by atoms with E-state index in [0.29, 0.717) is 22.3 Å². The molecule has 0 fully saturated rings. The molecule has 0 spiro atoms. The summed E-state index contributed by atoms with van der Waals surface area (Å²) in [5, 5.41) is 28.3. The summed E-state index contributed by atoms with van der Waals surface area (Å²) in [5.41, 5.74) is 6.16. The molecule has 14 heteroatoms. The minimum atomic E-state index is -0.394. The van der Waals surface area contributed by atoms with Crippen LogP contribution in [0.25, 0.3) is 79.4 Å². The summed E-state index contributed by atoms with van der Waals surface area (Å²) in [6.07, 6.45) is 0. The highest BCUT2D eigenvalue weighted by molar-refractivity contribution is 7.30. The SMILES string of the molecule is CCOC(=O)c1cc(-c2cc3sccc3s2)c(C(=O)OCC)cc1-c1cc2sccc2s1.OCc1cc(-c2cc3sccc3s2)c(CO)cc1-c1cc2sccc2s1. The zero-order chi connectivity index (χ0) is 39.9. The van der Waals surface area contributed by atoms with Crippen LogP contribution in [-0.4, -0.2) is 35.4 Å². The van der Waals surface area contributed by atoms with Crippen LogP contribution in [0.1, 0.15) is 45.7 Å². The Morgan fingerprint density at radius 3 is 1.03 bits per heavy atom. The first-order chi connectivity index (χ1) is 28.3. The number of hydrogen-bond acceptors (Lipinski definition) is 14. The summed E-state index contributed by atoms with van der Waals surface area (Å²) in [6, 6.07) is 24.6. The van der Waals surface area contributed by atoms with E-state index in [1.54, 1.807) is 117 Å². The van der Waals surface area contributed by atoms with Crippen molar-refractivity contribution in [3.05, 3.63) is 117 Å². The lowest BCUT2D eigenvalue weighted by Crippen LogP contribution is -2.11. The van der Waals surface area contributed by atoms with E-state index in [-0.39, 0.29) is 26.4 Å². The Kier molecular flexibility index (Phi) is 11.5. The lowest BCUT2D eigenvalue weighted by Gasteiger charge is -2.14. The summed E-state index contributed by atoms with van der Waals surface area (Å²) in [6.45, 7) is 4.11. The monoisotopic (exact) mass is 912 g/mol. The number of thiophene rings is 8. The molecular formula is C44H32O6S8. The van der Waals surface area contributed by atoms with Gasteiger partial charge >= 0.3 is 11.9 Å². The molecule has 2 aromatic carbocycles. The van der Waals surface area contributed by atoms with Gasteiger partial charge in [-0.1, -0.05) is 0 Å². The summed E-state index contributed by atoms with van der Waals surface area (Å²) >= 11 is 13.4. The largest absolute Gasteiger partial charge is 0.462 e. The normalized spacial score (nSPS) is 11.5.